The van der Waals surface area contributed by atoms with Crippen molar-refractivity contribution >= 4 is 11.8 Å². The van der Waals surface area contributed by atoms with Crippen LogP contribution in [-0.2, 0) is 13.6 Å². The van der Waals surface area contributed by atoms with Crippen LogP contribution >= 0.6 is 11.8 Å². The van der Waals surface area contributed by atoms with Gasteiger partial charge in [-0.25, -0.2) is 4.39 Å². The second-order valence-corrected chi connectivity index (χ2v) is 4.84. The molecule has 0 fully saturated rings. The van der Waals surface area contributed by atoms with Gasteiger partial charge in [0.25, 0.3) is 0 Å². The summed E-state index contributed by atoms with van der Waals surface area (Å²) in [5.41, 5.74) is 4.42. The minimum Gasteiger partial charge on any atom is -0.326 e. The largest absolute Gasteiger partial charge is 0.339 e. The van der Waals surface area contributed by atoms with E-state index in [1.54, 1.807) is 13.1 Å². The molecule has 0 aliphatic rings. The van der Waals surface area contributed by atoms with Gasteiger partial charge in [-0.15, -0.1) is 0 Å². The zero-order chi connectivity index (χ0) is 14.0. The number of aromatic amines is 1. The fourth-order valence-corrected chi connectivity index (χ4v) is 2.36. The standard InChI is InChI=1S/C11H11FN4O2S/c1-16-11(14-9(17)10(18)15-16)19-8-3-6(5-13)2-7(12)4-8/h2-4H,5,13H2,1H3,(H,15,18). The molecule has 0 radical (unpaired) electrons. The third-order valence-corrected chi connectivity index (χ3v) is 3.34. The van der Waals surface area contributed by atoms with E-state index in [-0.39, 0.29) is 11.7 Å². The maximum Gasteiger partial charge on any atom is 0.339 e. The van der Waals surface area contributed by atoms with Gasteiger partial charge in [0, 0.05) is 18.5 Å². The molecule has 100 valence electrons. The third-order valence-electron chi connectivity index (χ3n) is 2.32. The summed E-state index contributed by atoms with van der Waals surface area (Å²) in [4.78, 5) is 26.4. The van der Waals surface area contributed by atoms with Gasteiger partial charge in [0.05, 0.1) is 0 Å². The summed E-state index contributed by atoms with van der Waals surface area (Å²) in [5, 5.41) is 2.58. The Kier molecular flexibility index (Phi) is 3.82. The van der Waals surface area contributed by atoms with E-state index < -0.39 is 16.9 Å². The lowest BCUT2D eigenvalue weighted by Crippen LogP contribution is -2.33. The molecule has 0 spiro atoms. The first kappa shape index (κ1) is 13.5. The van der Waals surface area contributed by atoms with Crippen LogP contribution in [-0.4, -0.2) is 14.8 Å². The van der Waals surface area contributed by atoms with Crippen LogP contribution in [0, 0.1) is 5.82 Å². The summed E-state index contributed by atoms with van der Waals surface area (Å²) in [7, 11) is 1.54. The van der Waals surface area contributed by atoms with Crippen LogP contribution < -0.4 is 16.9 Å². The van der Waals surface area contributed by atoms with Crippen molar-refractivity contribution in [3.05, 3.63) is 50.3 Å². The molecular formula is C11H11FN4O2S. The summed E-state index contributed by atoms with van der Waals surface area (Å²) < 4.78 is 14.7. The molecule has 2 rings (SSSR count). The molecule has 0 aliphatic heterocycles. The van der Waals surface area contributed by atoms with E-state index >= 15 is 0 Å². The van der Waals surface area contributed by atoms with Crippen molar-refractivity contribution in [1.82, 2.24) is 14.8 Å². The Morgan fingerprint density at radius 3 is 2.84 bits per heavy atom. The lowest BCUT2D eigenvalue weighted by Gasteiger charge is -2.07. The maximum absolute atomic E-state index is 13.3. The zero-order valence-electron chi connectivity index (χ0n) is 10.0. The molecule has 0 amide bonds. The average molecular weight is 282 g/mol. The molecule has 0 atom stereocenters. The molecule has 19 heavy (non-hydrogen) atoms. The van der Waals surface area contributed by atoms with Crippen molar-refractivity contribution in [3.63, 3.8) is 0 Å². The summed E-state index contributed by atoms with van der Waals surface area (Å²) in [6, 6.07) is 4.34. The van der Waals surface area contributed by atoms with Gasteiger partial charge in [-0.05, 0) is 23.8 Å². The summed E-state index contributed by atoms with van der Waals surface area (Å²) in [6.07, 6.45) is 0. The molecule has 0 unspecified atom stereocenters. The normalized spacial score (nSPS) is 10.7. The van der Waals surface area contributed by atoms with E-state index in [1.165, 1.54) is 16.8 Å². The number of aryl methyl sites for hydroxylation is 1. The van der Waals surface area contributed by atoms with E-state index in [9.17, 15) is 14.0 Å². The lowest BCUT2D eigenvalue weighted by molar-refractivity contribution is 0.595. The van der Waals surface area contributed by atoms with Crippen molar-refractivity contribution in [1.29, 1.82) is 0 Å². The zero-order valence-corrected chi connectivity index (χ0v) is 10.8. The van der Waals surface area contributed by atoms with Crippen LogP contribution in [0.2, 0.25) is 0 Å². The number of nitrogens with one attached hydrogen (secondary N) is 1. The van der Waals surface area contributed by atoms with Crippen molar-refractivity contribution in [3.8, 4) is 0 Å². The lowest BCUT2D eigenvalue weighted by atomic mass is 10.2. The first-order valence-corrected chi connectivity index (χ1v) is 6.16. The SMILES string of the molecule is Cn1[nH]c(=O)c(=O)nc1Sc1cc(F)cc(CN)c1. The predicted molar refractivity (Wildman–Crippen MR) is 68.5 cm³/mol. The van der Waals surface area contributed by atoms with Crippen LogP contribution in [0.3, 0.4) is 0 Å². The van der Waals surface area contributed by atoms with Crippen molar-refractivity contribution < 1.29 is 4.39 Å². The highest BCUT2D eigenvalue weighted by atomic mass is 32.2. The highest BCUT2D eigenvalue weighted by Gasteiger charge is 2.08. The Morgan fingerprint density at radius 1 is 1.42 bits per heavy atom. The smallest absolute Gasteiger partial charge is 0.326 e. The first-order valence-electron chi connectivity index (χ1n) is 5.34. The Bertz CT molecular complexity index is 725. The minimum atomic E-state index is -0.879. The van der Waals surface area contributed by atoms with E-state index in [4.69, 9.17) is 5.73 Å². The quantitative estimate of drug-likeness (QED) is 0.785. The number of halogens is 1. The Labute approximate surface area is 111 Å². The molecule has 3 N–H and O–H groups in total. The molecule has 1 aromatic heterocycles. The number of nitrogens with two attached hydrogens (primary N) is 1. The molecule has 0 saturated heterocycles. The van der Waals surface area contributed by atoms with E-state index in [0.717, 1.165) is 11.8 Å². The number of benzene rings is 1. The minimum absolute atomic E-state index is 0.212. The summed E-state index contributed by atoms with van der Waals surface area (Å²) in [5.74, 6) is -0.417. The topological polar surface area (TPSA) is 93.8 Å². The van der Waals surface area contributed by atoms with Crippen molar-refractivity contribution in [2.24, 2.45) is 12.8 Å². The molecule has 8 heteroatoms. The summed E-state index contributed by atoms with van der Waals surface area (Å²) in [6.45, 7) is 0.212. The third kappa shape index (κ3) is 3.09. The van der Waals surface area contributed by atoms with Gasteiger partial charge in [0.1, 0.15) is 5.82 Å². The van der Waals surface area contributed by atoms with E-state index in [0.29, 0.717) is 10.5 Å². The van der Waals surface area contributed by atoms with Gasteiger partial charge in [-0.2, -0.15) is 4.98 Å². The fourth-order valence-electron chi connectivity index (χ4n) is 1.45. The average Bonchev–Trinajstić information content (AvgIpc) is 2.35. The van der Waals surface area contributed by atoms with Crippen molar-refractivity contribution in [2.45, 2.75) is 16.6 Å². The van der Waals surface area contributed by atoms with Crippen LogP contribution in [0.15, 0.2) is 37.8 Å². The molecule has 0 aliphatic carbocycles. The Morgan fingerprint density at radius 2 is 2.16 bits per heavy atom. The van der Waals surface area contributed by atoms with Crippen LogP contribution in [0.25, 0.3) is 0 Å². The van der Waals surface area contributed by atoms with Gasteiger partial charge in [0.15, 0.2) is 5.16 Å². The molecular weight excluding hydrogens is 271 g/mol. The number of H-pyrrole nitrogens is 1. The number of nitrogens with zero attached hydrogens (tertiary/aromatic N) is 2. The van der Waals surface area contributed by atoms with E-state index in [2.05, 4.69) is 10.1 Å². The highest BCUT2D eigenvalue weighted by molar-refractivity contribution is 7.99. The number of rotatable bonds is 3. The Hall–Kier alpha value is -1.93. The van der Waals surface area contributed by atoms with Crippen LogP contribution in [0.5, 0.6) is 0 Å². The first-order chi connectivity index (χ1) is 8.99. The van der Waals surface area contributed by atoms with Gasteiger partial charge < -0.3 is 5.73 Å². The molecule has 0 bridgehead atoms. The van der Waals surface area contributed by atoms with Gasteiger partial charge in [-0.1, -0.05) is 11.8 Å². The molecule has 1 heterocycles. The number of hydrogen-bond acceptors (Lipinski definition) is 5. The number of aromatic nitrogens is 3. The Balaban J connectivity index is 2.41. The van der Waals surface area contributed by atoms with Gasteiger partial charge >= 0.3 is 11.1 Å². The van der Waals surface area contributed by atoms with Crippen LogP contribution in [0.4, 0.5) is 4.39 Å². The van der Waals surface area contributed by atoms with Gasteiger partial charge in [-0.3, -0.25) is 19.4 Å². The fraction of sp³-hybridized carbons (Fsp3) is 0.182. The second kappa shape index (κ2) is 5.37. The molecule has 0 saturated carbocycles. The monoisotopic (exact) mass is 282 g/mol. The van der Waals surface area contributed by atoms with Crippen molar-refractivity contribution in [2.75, 3.05) is 0 Å². The second-order valence-electron chi connectivity index (χ2n) is 3.80. The highest BCUT2D eigenvalue weighted by Crippen LogP contribution is 2.26. The van der Waals surface area contributed by atoms with Crippen LogP contribution in [0.1, 0.15) is 5.56 Å². The summed E-state index contributed by atoms with van der Waals surface area (Å²) >= 11 is 1.07. The predicted octanol–water partition coefficient (Wildman–Crippen LogP) is 0.218. The maximum atomic E-state index is 13.3. The molecule has 2 aromatic rings. The van der Waals surface area contributed by atoms with Gasteiger partial charge in [0.2, 0.25) is 0 Å². The molecule has 6 nitrogen and oxygen atoms in total. The number of hydrogen-bond donors (Lipinski definition) is 2. The van der Waals surface area contributed by atoms with E-state index in [1.807, 2.05) is 0 Å². The molecule has 1 aromatic carbocycles.